The molecule has 0 radical (unpaired) electrons. The second-order valence-corrected chi connectivity index (χ2v) is 7.27. The van der Waals surface area contributed by atoms with Crippen LogP contribution in [0.1, 0.15) is 45.1 Å². The molecule has 1 saturated carbocycles. The lowest BCUT2D eigenvalue weighted by molar-refractivity contribution is 0.0453. The minimum atomic E-state index is -0.468. The van der Waals surface area contributed by atoms with E-state index in [1.807, 2.05) is 26.8 Å². The van der Waals surface area contributed by atoms with Gasteiger partial charge in [0.15, 0.2) is 0 Å². The highest BCUT2D eigenvalue weighted by Gasteiger charge is 2.44. The maximum absolute atomic E-state index is 11.7. The molecule has 1 aromatic carbocycles. The minimum absolute atomic E-state index is 0.00102. The van der Waals surface area contributed by atoms with Gasteiger partial charge in [0.25, 0.3) is 0 Å². The van der Waals surface area contributed by atoms with E-state index < -0.39 is 5.60 Å². The van der Waals surface area contributed by atoms with Gasteiger partial charge in [0.1, 0.15) is 5.60 Å². The molecule has 116 valence electrons. The fraction of sp³-hybridized carbons (Fsp3) is 0.588. The predicted molar refractivity (Wildman–Crippen MR) is 85.8 cm³/mol. The zero-order valence-corrected chi connectivity index (χ0v) is 13.7. The van der Waals surface area contributed by atoms with Crippen LogP contribution in [0.4, 0.5) is 4.79 Å². The Bertz CT molecular complexity index is 475. The molecule has 1 aromatic rings. The van der Waals surface area contributed by atoms with E-state index >= 15 is 0 Å². The van der Waals surface area contributed by atoms with Crippen molar-refractivity contribution in [3.63, 3.8) is 0 Å². The van der Waals surface area contributed by atoms with Crippen LogP contribution in [0.2, 0.25) is 0 Å². The first kappa shape index (κ1) is 16.2. The third-order valence-electron chi connectivity index (χ3n) is 3.92. The van der Waals surface area contributed by atoms with Gasteiger partial charge >= 0.3 is 6.09 Å². The Kier molecular flexibility index (Phi) is 4.82. The SMILES string of the molecule is CC(C)(C)OC(=O)NCC1(CCl)CC(c2ccccc2)C1. The van der Waals surface area contributed by atoms with Gasteiger partial charge in [-0.15, -0.1) is 11.6 Å². The quantitative estimate of drug-likeness (QED) is 0.841. The standard InChI is InChI=1S/C17H24ClNO2/c1-16(2,3)21-15(20)19-12-17(11-18)9-14(10-17)13-7-5-4-6-8-13/h4-8,14H,9-12H2,1-3H3,(H,19,20). The lowest BCUT2D eigenvalue weighted by atomic mass is 9.61. The molecule has 1 fully saturated rings. The maximum Gasteiger partial charge on any atom is 0.407 e. The Morgan fingerprint density at radius 2 is 1.95 bits per heavy atom. The van der Waals surface area contributed by atoms with E-state index in [0.29, 0.717) is 18.3 Å². The van der Waals surface area contributed by atoms with Crippen LogP contribution in [-0.4, -0.2) is 24.1 Å². The van der Waals surface area contributed by atoms with Gasteiger partial charge in [0.2, 0.25) is 0 Å². The van der Waals surface area contributed by atoms with Crippen molar-refractivity contribution in [2.45, 2.75) is 45.1 Å². The molecule has 0 aliphatic heterocycles. The third-order valence-corrected chi connectivity index (χ3v) is 4.49. The Morgan fingerprint density at radius 3 is 2.48 bits per heavy atom. The molecule has 21 heavy (non-hydrogen) atoms. The summed E-state index contributed by atoms with van der Waals surface area (Å²) in [4.78, 5) is 11.7. The summed E-state index contributed by atoms with van der Waals surface area (Å²) in [6, 6.07) is 10.5. The van der Waals surface area contributed by atoms with Crippen molar-refractivity contribution in [1.82, 2.24) is 5.32 Å². The van der Waals surface area contributed by atoms with Gasteiger partial charge in [0, 0.05) is 17.8 Å². The number of hydrogen-bond acceptors (Lipinski definition) is 2. The Morgan fingerprint density at radius 1 is 1.33 bits per heavy atom. The van der Waals surface area contributed by atoms with Gasteiger partial charge in [-0.2, -0.15) is 0 Å². The zero-order chi connectivity index (χ0) is 15.5. The Hall–Kier alpha value is -1.22. The van der Waals surface area contributed by atoms with Crippen molar-refractivity contribution in [1.29, 1.82) is 0 Å². The number of halogens is 1. The lowest BCUT2D eigenvalue weighted by Gasteiger charge is -2.47. The number of ether oxygens (including phenoxy) is 1. The van der Waals surface area contributed by atoms with E-state index in [0.717, 1.165) is 12.8 Å². The Labute approximate surface area is 132 Å². The summed E-state index contributed by atoms with van der Waals surface area (Å²) in [5.74, 6) is 1.11. The van der Waals surface area contributed by atoms with E-state index in [1.54, 1.807) is 0 Å². The number of carbonyl (C=O) groups is 1. The van der Waals surface area contributed by atoms with Crippen LogP contribution >= 0.6 is 11.6 Å². The molecular formula is C17H24ClNO2. The van der Waals surface area contributed by atoms with Crippen molar-refractivity contribution in [2.24, 2.45) is 5.41 Å². The van der Waals surface area contributed by atoms with E-state index in [1.165, 1.54) is 5.56 Å². The van der Waals surface area contributed by atoms with E-state index in [9.17, 15) is 4.79 Å². The second-order valence-electron chi connectivity index (χ2n) is 7.00. The smallest absolute Gasteiger partial charge is 0.407 e. The molecular weight excluding hydrogens is 286 g/mol. The molecule has 0 heterocycles. The molecule has 1 amide bonds. The fourth-order valence-electron chi connectivity index (χ4n) is 2.82. The average molecular weight is 310 g/mol. The number of rotatable bonds is 4. The topological polar surface area (TPSA) is 38.3 Å². The van der Waals surface area contributed by atoms with Crippen LogP contribution in [0.25, 0.3) is 0 Å². The summed E-state index contributed by atoms with van der Waals surface area (Å²) in [5, 5.41) is 2.86. The average Bonchev–Trinajstić information content (AvgIpc) is 2.37. The highest BCUT2D eigenvalue weighted by molar-refractivity contribution is 6.18. The van der Waals surface area contributed by atoms with Gasteiger partial charge in [-0.3, -0.25) is 0 Å². The number of alkyl halides is 1. The first-order valence-electron chi connectivity index (χ1n) is 7.41. The predicted octanol–water partition coefficient (Wildman–Crippen LogP) is 4.31. The van der Waals surface area contributed by atoms with Crippen molar-refractivity contribution in [3.05, 3.63) is 35.9 Å². The molecule has 2 rings (SSSR count). The monoisotopic (exact) mass is 309 g/mol. The van der Waals surface area contributed by atoms with Crippen LogP contribution < -0.4 is 5.32 Å². The van der Waals surface area contributed by atoms with Gasteiger partial charge in [-0.25, -0.2) is 4.79 Å². The van der Waals surface area contributed by atoms with Crippen LogP contribution in [-0.2, 0) is 4.74 Å². The summed E-state index contributed by atoms with van der Waals surface area (Å²) in [5.41, 5.74) is 0.888. The molecule has 0 bridgehead atoms. The van der Waals surface area contributed by atoms with Crippen LogP contribution in [0.5, 0.6) is 0 Å². The number of hydrogen-bond donors (Lipinski definition) is 1. The number of alkyl carbamates (subject to hydrolysis) is 1. The lowest BCUT2D eigenvalue weighted by Crippen LogP contribution is -2.47. The minimum Gasteiger partial charge on any atom is -0.444 e. The number of carbonyl (C=O) groups excluding carboxylic acids is 1. The van der Waals surface area contributed by atoms with Crippen LogP contribution in [0.15, 0.2) is 30.3 Å². The number of nitrogens with one attached hydrogen (secondary N) is 1. The highest BCUT2D eigenvalue weighted by atomic mass is 35.5. The molecule has 0 aromatic heterocycles. The molecule has 4 heteroatoms. The molecule has 0 unspecified atom stereocenters. The largest absolute Gasteiger partial charge is 0.444 e. The first-order valence-corrected chi connectivity index (χ1v) is 7.95. The molecule has 0 spiro atoms. The maximum atomic E-state index is 11.7. The van der Waals surface area contributed by atoms with Gasteiger partial charge in [0.05, 0.1) is 0 Å². The third kappa shape index (κ3) is 4.37. The van der Waals surface area contributed by atoms with Gasteiger partial charge in [-0.05, 0) is 45.1 Å². The summed E-state index contributed by atoms with van der Waals surface area (Å²) in [6.45, 7) is 6.16. The molecule has 1 N–H and O–H groups in total. The van der Waals surface area contributed by atoms with Gasteiger partial charge in [-0.1, -0.05) is 30.3 Å². The fourth-order valence-corrected chi connectivity index (χ4v) is 3.13. The summed E-state index contributed by atoms with van der Waals surface area (Å²) in [7, 11) is 0. The van der Waals surface area contributed by atoms with Crippen LogP contribution in [0, 0.1) is 5.41 Å². The zero-order valence-electron chi connectivity index (χ0n) is 13.0. The Balaban J connectivity index is 1.84. The molecule has 1 aliphatic carbocycles. The molecule has 0 saturated heterocycles. The van der Waals surface area contributed by atoms with Gasteiger partial charge < -0.3 is 10.1 Å². The molecule has 1 aliphatic rings. The highest BCUT2D eigenvalue weighted by Crippen LogP contribution is 2.51. The summed E-state index contributed by atoms with van der Waals surface area (Å²) in [6.07, 6.45) is 1.65. The summed E-state index contributed by atoms with van der Waals surface area (Å²) >= 11 is 6.14. The van der Waals surface area contributed by atoms with E-state index in [4.69, 9.17) is 16.3 Å². The van der Waals surface area contributed by atoms with Crippen molar-refractivity contribution in [3.8, 4) is 0 Å². The van der Waals surface area contributed by atoms with Crippen LogP contribution in [0.3, 0.4) is 0 Å². The van der Waals surface area contributed by atoms with E-state index in [2.05, 4.69) is 29.6 Å². The molecule has 0 atom stereocenters. The van der Waals surface area contributed by atoms with Crippen molar-refractivity contribution in [2.75, 3.05) is 12.4 Å². The number of amides is 1. The second kappa shape index (κ2) is 6.27. The van der Waals surface area contributed by atoms with Crippen molar-refractivity contribution >= 4 is 17.7 Å². The first-order chi connectivity index (χ1) is 9.84. The normalized spacial score (nSPS) is 25.0. The number of benzene rings is 1. The van der Waals surface area contributed by atoms with E-state index in [-0.39, 0.29) is 11.5 Å². The molecule has 3 nitrogen and oxygen atoms in total. The van der Waals surface area contributed by atoms with Crippen molar-refractivity contribution < 1.29 is 9.53 Å². The summed E-state index contributed by atoms with van der Waals surface area (Å²) < 4.78 is 5.26.